The SMILES string of the molecule is COCCNc1nc(C)c(-c2nc3c(C)nccc3s2)c(N[C@@H]2CC(C(C)(C)F)[C@@H](O)[C@H]2O)n1. The molecular weight excluding hydrogens is 459 g/mol. The van der Waals surface area contributed by atoms with Crippen molar-refractivity contribution >= 4 is 33.3 Å². The zero-order chi connectivity index (χ0) is 24.6. The Morgan fingerprint density at radius 3 is 2.59 bits per heavy atom. The smallest absolute Gasteiger partial charge is 0.224 e. The fourth-order valence-corrected chi connectivity index (χ4v) is 5.51. The lowest BCUT2D eigenvalue weighted by Crippen LogP contribution is -2.38. The maximum atomic E-state index is 14.7. The van der Waals surface area contributed by atoms with Crippen molar-refractivity contribution in [3.63, 3.8) is 0 Å². The summed E-state index contributed by atoms with van der Waals surface area (Å²) in [5.41, 5.74) is 1.39. The molecule has 1 aliphatic rings. The first kappa shape index (κ1) is 24.6. The number of aromatic nitrogens is 4. The van der Waals surface area contributed by atoms with Gasteiger partial charge in [0.2, 0.25) is 5.95 Å². The van der Waals surface area contributed by atoms with Crippen LogP contribution in [0.5, 0.6) is 0 Å². The molecule has 4 N–H and O–H groups in total. The number of ether oxygens (including phenoxy) is 1. The van der Waals surface area contributed by atoms with E-state index in [1.54, 1.807) is 13.3 Å². The summed E-state index contributed by atoms with van der Waals surface area (Å²) >= 11 is 1.50. The lowest BCUT2D eigenvalue weighted by atomic mass is 9.89. The van der Waals surface area contributed by atoms with Gasteiger partial charge in [-0.1, -0.05) is 0 Å². The van der Waals surface area contributed by atoms with E-state index in [9.17, 15) is 14.6 Å². The Morgan fingerprint density at radius 2 is 1.94 bits per heavy atom. The molecule has 0 saturated heterocycles. The Hall–Kier alpha value is -2.47. The van der Waals surface area contributed by atoms with E-state index in [2.05, 4.69) is 25.6 Å². The summed E-state index contributed by atoms with van der Waals surface area (Å²) in [6.07, 6.45) is -0.321. The number of rotatable bonds is 8. The molecule has 1 fully saturated rings. The number of aryl methyl sites for hydroxylation is 2. The molecule has 0 radical (unpaired) electrons. The molecule has 11 heteroatoms. The predicted molar refractivity (Wildman–Crippen MR) is 131 cm³/mol. The summed E-state index contributed by atoms with van der Waals surface area (Å²) in [6.45, 7) is 7.62. The molecule has 184 valence electrons. The van der Waals surface area contributed by atoms with E-state index in [4.69, 9.17) is 9.72 Å². The van der Waals surface area contributed by atoms with E-state index >= 15 is 0 Å². The van der Waals surface area contributed by atoms with Crippen LogP contribution in [-0.2, 0) is 4.74 Å². The number of aliphatic hydroxyl groups is 2. The van der Waals surface area contributed by atoms with Gasteiger partial charge in [-0.05, 0) is 40.2 Å². The van der Waals surface area contributed by atoms with Crippen molar-refractivity contribution in [1.29, 1.82) is 0 Å². The quantitative estimate of drug-likeness (QED) is 0.353. The third-order valence-corrected chi connectivity index (χ3v) is 7.31. The summed E-state index contributed by atoms with van der Waals surface area (Å²) in [4.78, 5) is 18.4. The molecule has 3 heterocycles. The minimum absolute atomic E-state index is 0.254. The number of alkyl halides is 1. The fourth-order valence-electron chi connectivity index (χ4n) is 4.40. The zero-order valence-corrected chi connectivity index (χ0v) is 20.8. The summed E-state index contributed by atoms with van der Waals surface area (Å²) in [6, 6.07) is 1.33. The highest BCUT2D eigenvalue weighted by atomic mass is 32.1. The van der Waals surface area contributed by atoms with Crippen LogP contribution in [-0.4, -0.2) is 74.3 Å². The van der Waals surface area contributed by atoms with Gasteiger partial charge in [0.25, 0.3) is 0 Å². The monoisotopic (exact) mass is 490 g/mol. The van der Waals surface area contributed by atoms with Crippen molar-refractivity contribution in [2.75, 3.05) is 30.9 Å². The molecule has 3 aromatic heterocycles. The van der Waals surface area contributed by atoms with Crippen LogP contribution in [0.4, 0.5) is 16.2 Å². The number of nitrogens with zero attached hydrogens (tertiary/aromatic N) is 4. The lowest BCUT2D eigenvalue weighted by Gasteiger charge is -2.25. The zero-order valence-electron chi connectivity index (χ0n) is 20.0. The predicted octanol–water partition coefficient (Wildman–Crippen LogP) is 3.09. The molecule has 3 aromatic rings. The van der Waals surface area contributed by atoms with Crippen LogP contribution in [0, 0.1) is 19.8 Å². The Balaban J connectivity index is 1.75. The van der Waals surface area contributed by atoms with Crippen LogP contribution in [0.25, 0.3) is 20.8 Å². The van der Waals surface area contributed by atoms with Gasteiger partial charge in [0.15, 0.2) is 0 Å². The Kier molecular flexibility index (Phi) is 6.99. The number of hydrogen-bond donors (Lipinski definition) is 4. The number of halogens is 1. The van der Waals surface area contributed by atoms with Crippen LogP contribution >= 0.6 is 11.3 Å². The fraction of sp³-hybridized carbons (Fsp3) is 0.565. The summed E-state index contributed by atoms with van der Waals surface area (Å²) in [5.74, 6) is 0.155. The van der Waals surface area contributed by atoms with E-state index in [0.29, 0.717) is 41.2 Å². The lowest BCUT2D eigenvalue weighted by molar-refractivity contribution is -0.0242. The van der Waals surface area contributed by atoms with Gasteiger partial charge in [-0.3, -0.25) is 4.98 Å². The molecule has 0 aromatic carbocycles. The van der Waals surface area contributed by atoms with Gasteiger partial charge in [0.1, 0.15) is 28.1 Å². The molecular formula is C23H31FN6O3S. The number of methoxy groups -OCH3 is 1. The van der Waals surface area contributed by atoms with Crippen molar-refractivity contribution in [2.24, 2.45) is 5.92 Å². The normalized spacial score (nSPS) is 22.9. The topological polar surface area (TPSA) is 125 Å². The van der Waals surface area contributed by atoms with Gasteiger partial charge in [-0.15, -0.1) is 11.3 Å². The molecule has 1 unspecified atom stereocenters. The molecule has 1 aliphatic carbocycles. The first-order valence-corrected chi connectivity index (χ1v) is 12.1. The van der Waals surface area contributed by atoms with Crippen molar-refractivity contribution in [3.8, 4) is 10.6 Å². The van der Waals surface area contributed by atoms with Crippen LogP contribution in [0.3, 0.4) is 0 Å². The molecule has 0 amide bonds. The molecule has 1 saturated carbocycles. The van der Waals surface area contributed by atoms with Crippen molar-refractivity contribution < 1.29 is 19.3 Å². The number of anilines is 2. The van der Waals surface area contributed by atoms with E-state index in [-0.39, 0.29) is 6.42 Å². The van der Waals surface area contributed by atoms with Gasteiger partial charge in [0, 0.05) is 25.8 Å². The average Bonchev–Trinajstić information content (AvgIpc) is 3.31. The number of fused-ring (bicyclic) bond motifs is 1. The maximum Gasteiger partial charge on any atom is 0.224 e. The highest BCUT2D eigenvalue weighted by molar-refractivity contribution is 7.21. The Morgan fingerprint density at radius 1 is 1.18 bits per heavy atom. The van der Waals surface area contributed by atoms with Gasteiger partial charge in [-0.25, -0.2) is 14.4 Å². The minimum atomic E-state index is -1.63. The Bertz CT molecular complexity index is 1170. The van der Waals surface area contributed by atoms with Crippen molar-refractivity contribution in [3.05, 3.63) is 23.7 Å². The molecule has 0 spiro atoms. The molecule has 0 bridgehead atoms. The van der Waals surface area contributed by atoms with E-state index < -0.39 is 29.8 Å². The highest BCUT2D eigenvalue weighted by Gasteiger charge is 2.48. The van der Waals surface area contributed by atoms with E-state index in [1.165, 1.54) is 25.2 Å². The molecule has 9 nitrogen and oxygen atoms in total. The second kappa shape index (κ2) is 9.65. The van der Waals surface area contributed by atoms with Crippen LogP contribution in [0.1, 0.15) is 31.7 Å². The average molecular weight is 491 g/mol. The minimum Gasteiger partial charge on any atom is -0.390 e. The van der Waals surface area contributed by atoms with Gasteiger partial charge >= 0.3 is 0 Å². The van der Waals surface area contributed by atoms with Gasteiger partial charge < -0.3 is 25.6 Å². The first-order chi connectivity index (χ1) is 16.1. The largest absolute Gasteiger partial charge is 0.390 e. The van der Waals surface area contributed by atoms with Crippen LogP contribution in [0.2, 0.25) is 0 Å². The number of aliphatic hydroxyl groups excluding tert-OH is 2. The summed E-state index contributed by atoms with van der Waals surface area (Å²) in [5, 5.41) is 28.3. The molecule has 34 heavy (non-hydrogen) atoms. The van der Waals surface area contributed by atoms with E-state index in [0.717, 1.165) is 15.9 Å². The second-order valence-corrected chi connectivity index (χ2v) is 10.2. The standard InChI is InChI=1S/C23H31FN6O3S/c1-11-16(21-29-17-12(2)25-7-6-15(17)34-21)20(30-22(27-11)26-8-9-33-5)28-14-10-13(23(3,4)24)18(31)19(14)32/h6-7,13-14,18-19,31-32H,8-10H2,1-5H3,(H2,26,27,28,30)/t13?,14-,18-,19+/m1/s1. The highest BCUT2D eigenvalue weighted by Crippen LogP contribution is 2.41. The summed E-state index contributed by atoms with van der Waals surface area (Å²) < 4.78 is 20.8. The number of hydrogen-bond acceptors (Lipinski definition) is 10. The van der Waals surface area contributed by atoms with Crippen molar-refractivity contribution in [2.45, 2.75) is 58.0 Å². The summed E-state index contributed by atoms with van der Waals surface area (Å²) in [7, 11) is 1.61. The van der Waals surface area contributed by atoms with Gasteiger partial charge in [-0.2, -0.15) is 4.98 Å². The van der Waals surface area contributed by atoms with E-state index in [1.807, 2.05) is 19.9 Å². The third kappa shape index (κ3) is 4.83. The van der Waals surface area contributed by atoms with Crippen LogP contribution < -0.4 is 10.6 Å². The number of thiazole rings is 1. The number of nitrogens with one attached hydrogen (secondary N) is 2. The Labute approximate surface area is 201 Å². The molecule has 4 atom stereocenters. The third-order valence-electron chi connectivity index (χ3n) is 6.27. The second-order valence-electron chi connectivity index (χ2n) is 9.18. The van der Waals surface area contributed by atoms with Crippen molar-refractivity contribution in [1.82, 2.24) is 19.9 Å². The maximum absolute atomic E-state index is 14.7. The molecule has 0 aliphatic heterocycles. The van der Waals surface area contributed by atoms with Gasteiger partial charge in [0.05, 0.1) is 40.4 Å². The molecule has 4 rings (SSSR count). The first-order valence-electron chi connectivity index (χ1n) is 11.3. The van der Waals surface area contributed by atoms with Crippen LogP contribution in [0.15, 0.2) is 12.3 Å². The number of pyridine rings is 1.